The maximum absolute atomic E-state index is 13.0. The van der Waals surface area contributed by atoms with E-state index < -0.39 is 5.25 Å². The van der Waals surface area contributed by atoms with Crippen molar-refractivity contribution in [3.05, 3.63) is 48.5 Å². The molecule has 7 nitrogen and oxygen atoms in total. The summed E-state index contributed by atoms with van der Waals surface area (Å²) < 4.78 is 10.5. The number of rotatable bonds is 7. The molecule has 2 aromatic rings. The molecule has 156 valence electrons. The molecule has 1 saturated carbocycles. The Bertz CT molecular complexity index is 976. The maximum Gasteiger partial charge on any atom is 0.242 e. The molecule has 0 bridgehead atoms. The minimum absolute atomic E-state index is 0.0420. The summed E-state index contributed by atoms with van der Waals surface area (Å²) in [7, 11) is 3.09. The smallest absolute Gasteiger partial charge is 0.242 e. The van der Waals surface area contributed by atoms with Crippen LogP contribution in [-0.2, 0) is 9.59 Å². The molecule has 2 fully saturated rings. The highest BCUT2D eigenvalue weighted by Crippen LogP contribution is 2.39. The first-order valence-corrected chi connectivity index (χ1v) is 10.6. The fourth-order valence-electron chi connectivity index (χ4n) is 3.27. The molecule has 0 radical (unpaired) electrons. The summed E-state index contributed by atoms with van der Waals surface area (Å²) >= 11 is 1.36. The number of hydrogen-bond donors (Lipinski definition) is 1. The highest BCUT2D eigenvalue weighted by molar-refractivity contribution is 8.15. The maximum atomic E-state index is 13.0. The second kappa shape index (κ2) is 8.79. The minimum atomic E-state index is -0.479. The predicted molar refractivity (Wildman–Crippen MR) is 118 cm³/mol. The van der Waals surface area contributed by atoms with Crippen molar-refractivity contribution in [1.82, 2.24) is 4.90 Å². The number of benzene rings is 2. The Morgan fingerprint density at radius 1 is 1.13 bits per heavy atom. The van der Waals surface area contributed by atoms with Crippen molar-refractivity contribution in [2.24, 2.45) is 4.99 Å². The molecule has 2 aliphatic rings. The monoisotopic (exact) mass is 425 g/mol. The average Bonchev–Trinajstić information content (AvgIpc) is 3.54. The van der Waals surface area contributed by atoms with Crippen molar-refractivity contribution < 1.29 is 19.1 Å². The van der Waals surface area contributed by atoms with Crippen LogP contribution in [0.3, 0.4) is 0 Å². The first-order chi connectivity index (χ1) is 14.6. The molecule has 1 aliphatic carbocycles. The number of aliphatic imine (C=N–C) groups is 1. The lowest BCUT2D eigenvalue weighted by atomic mass is 10.2. The van der Waals surface area contributed by atoms with Crippen molar-refractivity contribution in [2.45, 2.75) is 30.6 Å². The molecule has 2 amide bonds. The minimum Gasteiger partial charge on any atom is -0.493 e. The summed E-state index contributed by atoms with van der Waals surface area (Å²) in [5.41, 5.74) is 1.39. The van der Waals surface area contributed by atoms with Gasteiger partial charge in [0.05, 0.1) is 19.9 Å². The number of nitrogens with zero attached hydrogens (tertiary/aromatic N) is 2. The summed E-state index contributed by atoms with van der Waals surface area (Å²) in [6, 6.07) is 14.9. The van der Waals surface area contributed by atoms with Crippen molar-refractivity contribution >= 4 is 40.1 Å². The van der Waals surface area contributed by atoms with Crippen molar-refractivity contribution in [2.75, 3.05) is 19.5 Å². The number of ether oxygens (including phenoxy) is 2. The van der Waals surface area contributed by atoms with E-state index in [1.807, 2.05) is 30.3 Å². The van der Waals surface area contributed by atoms with E-state index in [0.29, 0.717) is 22.4 Å². The van der Waals surface area contributed by atoms with Gasteiger partial charge in [-0.1, -0.05) is 30.0 Å². The first kappa shape index (κ1) is 20.3. The molecule has 8 heteroatoms. The molecule has 0 unspecified atom stereocenters. The van der Waals surface area contributed by atoms with Crippen molar-refractivity contribution in [1.29, 1.82) is 0 Å². The fraction of sp³-hybridized carbons (Fsp3) is 0.318. The van der Waals surface area contributed by atoms with Crippen LogP contribution in [0.4, 0.5) is 11.4 Å². The summed E-state index contributed by atoms with van der Waals surface area (Å²) in [4.78, 5) is 32.0. The van der Waals surface area contributed by atoms with Gasteiger partial charge < -0.3 is 14.8 Å². The Kier molecular flexibility index (Phi) is 5.94. The van der Waals surface area contributed by atoms with Crippen molar-refractivity contribution in [3.8, 4) is 11.5 Å². The van der Waals surface area contributed by atoms with Gasteiger partial charge in [0.2, 0.25) is 11.8 Å². The zero-order chi connectivity index (χ0) is 21.1. The number of amidine groups is 1. The van der Waals surface area contributed by atoms with E-state index in [0.717, 1.165) is 18.5 Å². The van der Waals surface area contributed by atoms with Crippen LogP contribution in [0.25, 0.3) is 0 Å². The number of thioether (sulfide) groups is 1. The van der Waals surface area contributed by atoms with E-state index in [1.165, 1.54) is 18.9 Å². The fourth-order valence-corrected chi connectivity index (χ4v) is 4.48. The van der Waals surface area contributed by atoms with Gasteiger partial charge >= 0.3 is 0 Å². The van der Waals surface area contributed by atoms with E-state index in [9.17, 15) is 9.59 Å². The number of carbonyl (C=O) groups excluding carboxylic acids is 2. The molecule has 1 heterocycles. The summed E-state index contributed by atoms with van der Waals surface area (Å²) in [6.07, 6.45) is 2.03. The molecule has 0 spiro atoms. The van der Waals surface area contributed by atoms with E-state index in [4.69, 9.17) is 9.47 Å². The second-order valence-electron chi connectivity index (χ2n) is 7.10. The van der Waals surface area contributed by atoms with Crippen LogP contribution in [0, 0.1) is 0 Å². The van der Waals surface area contributed by atoms with Gasteiger partial charge in [-0.3, -0.25) is 14.5 Å². The first-order valence-electron chi connectivity index (χ1n) is 9.74. The zero-order valence-corrected chi connectivity index (χ0v) is 17.6. The number of carbonyl (C=O) groups is 2. The molecule has 30 heavy (non-hydrogen) atoms. The lowest BCUT2D eigenvalue weighted by molar-refractivity contribution is -0.128. The van der Waals surface area contributed by atoms with Gasteiger partial charge in [-0.2, -0.15) is 0 Å². The van der Waals surface area contributed by atoms with Gasteiger partial charge in [0.1, 0.15) is 5.25 Å². The van der Waals surface area contributed by atoms with Gasteiger partial charge in [-0.05, 0) is 37.1 Å². The number of nitrogens with one attached hydrogen (secondary N) is 1. The van der Waals surface area contributed by atoms with Gasteiger partial charge in [-0.25, -0.2) is 4.99 Å². The molecule has 1 aliphatic heterocycles. The third-order valence-electron chi connectivity index (χ3n) is 4.90. The van der Waals surface area contributed by atoms with Crippen LogP contribution in [0.1, 0.15) is 19.3 Å². The number of hydrogen-bond acceptors (Lipinski definition) is 6. The summed E-state index contributed by atoms with van der Waals surface area (Å²) in [6.45, 7) is 0. The summed E-state index contributed by atoms with van der Waals surface area (Å²) in [5, 5.41) is 3.04. The molecule has 1 atom stereocenters. The number of anilines is 1. The molecule has 1 N–H and O–H groups in total. The number of methoxy groups -OCH3 is 2. The highest BCUT2D eigenvalue weighted by Gasteiger charge is 2.46. The Hall–Kier alpha value is -3.00. The van der Waals surface area contributed by atoms with Gasteiger partial charge in [0, 0.05) is 24.2 Å². The topological polar surface area (TPSA) is 80.2 Å². The normalized spacial score (nSPS) is 19.8. The van der Waals surface area contributed by atoms with Gasteiger partial charge in [0.15, 0.2) is 16.7 Å². The molecular weight excluding hydrogens is 402 g/mol. The molecule has 2 aromatic carbocycles. The molecule has 4 rings (SSSR count). The molecule has 1 saturated heterocycles. The lowest BCUT2D eigenvalue weighted by Crippen LogP contribution is -2.35. The number of para-hydroxylation sites is 1. The quantitative estimate of drug-likeness (QED) is 0.729. The van der Waals surface area contributed by atoms with Crippen LogP contribution in [0.15, 0.2) is 53.5 Å². The zero-order valence-electron chi connectivity index (χ0n) is 16.8. The van der Waals surface area contributed by atoms with E-state index >= 15 is 0 Å². The van der Waals surface area contributed by atoms with Crippen LogP contribution in [-0.4, -0.2) is 47.4 Å². The highest BCUT2D eigenvalue weighted by atomic mass is 32.2. The average molecular weight is 426 g/mol. The van der Waals surface area contributed by atoms with Crippen LogP contribution in [0.2, 0.25) is 0 Å². The SMILES string of the molecule is COc1ccc(NC(=O)C[C@@H]2SC(=Nc3ccccc3)N(C3CC3)C2=O)cc1OC. The van der Waals surface area contributed by atoms with E-state index in [-0.39, 0.29) is 24.3 Å². The van der Waals surface area contributed by atoms with E-state index in [2.05, 4.69) is 10.3 Å². The Morgan fingerprint density at radius 3 is 2.53 bits per heavy atom. The summed E-state index contributed by atoms with van der Waals surface area (Å²) in [5.74, 6) is 0.835. The predicted octanol–water partition coefficient (Wildman–Crippen LogP) is 3.83. The van der Waals surface area contributed by atoms with Crippen LogP contribution in [0.5, 0.6) is 11.5 Å². The molecular formula is C22H23N3O4S. The Morgan fingerprint density at radius 2 is 1.87 bits per heavy atom. The Balaban J connectivity index is 1.46. The van der Waals surface area contributed by atoms with Gasteiger partial charge in [-0.15, -0.1) is 0 Å². The largest absolute Gasteiger partial charge is 0.493 e. The van der Waals surface area contributed by atoms with Crippen molar-refractivity contribution in [3.63, 3.8) is 0 Å². The second-order valence-corrected chi connectivity index (χ2v) is 8.27. The lowest BCUT2D eigenvalue weighted by Gasteiger charge is -2.15. The third-order valence-corrected chi connectivity index (χ3v) is 6.05. The molecule has 0 aromatic heterocycles. The standard InChI is InChI=1S/C22H23N3O4S/c1-28-17-11-8-15(12-18(17)29-2)23-20(26)13-19-21(27)25(16-9-10-16)22(30-19)24-14-6-4-3-5-7-14/h3-8,11-12,16,19H,9-10,13H2,1-2H3,(H,23,26)/t19-/m0/s1. The van der Waals surface area contributed by atoms with Gasteiger partial charge in [0.25, 0.3) is 0 Å². The Labute approximate surface area is 179 Å². The van der Waals surface area contributed by atoms with Crippen LogP contribution >= 0.6 is 11.8 Å². The van der Waals surface area contributed by atoms with E-state index in [1.54, 1.807) is 30.2 Å². The van der Waals surface area contributed by atoms with Crippen LogP contribution < -0.4 is 14.8 Å². The number of amides is 2. The third kappa shape index (κ3) is 4.43.